The molecule has 0 unspecified atom stereocenters. The van der Waals surface area contributed by atoms with Crippen LogP contribution in [0.4, 0.5) is 5.69 Å². The molecule has 0 aliphatic rings. The van der Waals surface area contributed by atoms with Crippen LogP contribution in [0.15, 0.2) is 116 Å². The second-order valence-corrected chi connectivity index (χ2v) is 8.62. The van der Waals surface area contributed by atoms with Crippen LogP contribution in [-0.4, -0.2) is 30.7 Å². The smallest absolute Gasteiger partial charge is 0.228 e. The average Bonchev–Trinajstić information content (AvgIpc) is 3.38. The average molecular weight is 483 g/mol. The molecule has 37 heavy (non-hydrogen) atoms. The van der Waals surface area contributed by atoms with E-state index in [2.05, 4.69) is 32.6 Å². The van der Waals surface area contributed by atoms with E-state index in [0.717, 1.165) is 33.5 Å². The summed E-state index contributed by atoms with van der Waals surface area (Å²) in [5.74, 6) is 0.540. The monoisotopic (exact) mass is 482 g/mol. The van der Waals surface area contributed by atoms with Crippen LogP contribution < -0.4 is 5.32 Å². The van der Waals surface area contributed by atoms with Crippen molar-refractivity contribution in [3.8, 4) is 33.8 Å². The van der Waals surface area contributed by atoms with Crippen molar-refractivity contribution in [2.45, 2.75) is 6.42 Å². The molecule has 3 aromatic carbocycles. The number of rotatable bonds is 6. The van der Waals surface area contributed by atoms with Crippen LogP contribution >= 0.6 is 0 Å². The van der Waals surface area contributed by atoms with Gasteiger partial charge in [-0.3, -0.25) is 9.78 Å². The minimum Gasteiger partial charge on any atom is -0.326 e. The third kappa shape index (κ3) is 4.83. The van der Waals surface area contributed by atoms with Gasteiger partial charge in [0.25, 0.3) is 0 Å². The molecule has 3 heterocycles. The molecule has 1 N–H and O–H groups in total. The quantitative estimate of drug-likeness (QED) is 0.329. The highest BCUT2D eigenvalue weighted by Gasteiger charge is 2.12. The molecule has 6 aromatic rings. The van der Waals surface area contributed by atoms with Gasteiger partial charge in [0.1, 0.15) is 0 Å². The maximum absolute atomic E-state index is 12.8. The molecule has 6 rings (SSSR count). The first kappa shape index (κ1) is 22.3. The van der Waals surface area contributed by atoms with Gasteiger partial charge in [-0.05, 0) is 53.1 Å². The summed E-state index contributed by atoms with van der Waals surface area (Å²) in [6.45, 7) is 0. The molecule has 0 spiro atoms. The van der Waals surface area contributed by atoms with E-state index in [0.29, 0.717) is 23.6 Å². The first-order chi connectivity index (χ1) is 18.2. The lowest BCUT2D eigenvalue weighted by atomic mass is 10.0. The van der Waals surface area contributed by atoms with Gasteiger partial charge in [-0.25, -0.2) is 0 Å². The van der Waals surface area contributed by atoms with E-state index < -0.39 is 0 Å². The number of hydrogen-bond acceptors (Lipinski definition) is 5. The van der Waals surface area contributed by atoms with Gasteiger partial charge in [-0.2, -0.15) is 9.61 Å². The normalized spacial score (nSPS) is 10.9. The zero-order valence-corrected chi connectivity index (χ0v) is 19.8. The number of benzene rings is 3. The van der Waals surface area contributed by atoms with Gasteiger partial charge >= 0.3 is 0 Å². The van der Waals surface area contributed by atoms with Crippen molar-refractivity contribution < 1.29 is 4.79 Å². The molecule has 1 amide bonds. The van der Waals surface area contributed by atoms with E-state index in [1.807, 2.05) is 91.0 Å². The molecule has 178 valence electrons. The van der Waals surface area contributed by atoms with Gasteiger partial charge in [0, 0.05) is 29.2 Å². The molecule has 7 nitrogen and oxygen atoms in total. The van der Waals surface area contributed by atoms with Crippen molar-refractivity contribution in [1.82, 2.24) is 24.8 Å². The second-order valence-electron chi connectivity index (χ2n) is 8.62. The molecule has 0 bridgehead atoms. The SMILES string of the molecule is O=C(Cc1ccc(-c2ccccc2)cc1)Nc1cccc(-c2ccc3nnc(-c4cccnc4)n3n2)c1. The summed E-state index contributed by atoms with van der Waals surface area (Å²) in [7, 11) is 0. The molecule has 3 aromatic heterocycles. The van der Waals surface area contributed by atoms with Crippen molar-refractivity contribution in [1.29, 1.82) is 0 Å². The summed E-state index contributed by atoms with van der Waals surface area (Å²) >= 11 is 0. The molecular weight excluding hydrogens is 460 g/mol. The summed E-state index contributed by atoms with van der Waals surface area (Å²) in [6, 6.07) is 33.5. The Labute approximate surface area is 213 Å². The number of hydrogen-bond donors (Lipinski definition) is 1. The lowest BCUT2D eigenvalue weighted by molar-refractivity contribution is -0.115. The second kappa shape index (κ2) is 9.83. The molecule has 0 fully saturated rings. The highest BCUT2D eigenvalue weighted by molar-refractivity contribution is 5.93. The standard InChI is InChI=1S/C30H22N6O/c37-29(18-21-11-13-23(14-12-21)22-6-2-1-3-7-22)32-26-10-4-8-24(19-26)27-15-16-28-33-34-30(36(28)35-27)25-9-5-17-31-20-25/h1-17,19-20H,18H2,(H,32,37). The molecule has 0 atom stereocenters. The number of anilines is 1. The fourth-order valence-electron chi connectivity index (χ4n) is 4.21. The van der Waals surface area contributed by atoms with Crippen LogP contribution in [0, 0.1) is 0 Å². The fraction of sp³-hybridized carbons (Fsp3) is 0.0333. The minimum atomic E-state index is -0.0781. The van der Waals surface area contributed by atoms with E-state index in [1.165, 1.54) is 0 Å². The molecule has 0 aliphatic carbocycles. The molecule has 0 radical (unpaired) electrons. The number of nitrogens with one attached hydrogen (secondary N) is 1. The number of pyridine rings is 1. The predicted molar refractivity (Wildman–Crippen MR) is 144 cm³/mol. The van der Waals surface area contributed by atoms with Gasteiger partial charge in [-0.15, -0.1) is 10.2 Å². The Morgan fingerprint density at radius 1 is 0.730 bits per heavy atom. The highest BCUT2D eigenvalue weighted by Crippen LogP contribution is 2.24. The van der Waals surface area contributed by atoms with Crippen LogP contribution in [-0.2, 0) is 11.2 Å². The van der Waals surface area contributed by atoms with E-state index in [-0.39, 0.29) is 5.91 Å². The zero-order valence-electron chi connectivity index (χ0n) is 19.8. The molecule has 0 saturated heterocycles. The number of aromatic nitrogens is 5. The maximum Gasteiger partial charge on any atom is 0.228 e. The molecule has 7 heteroatoms. The Hall–Kier alpha value is -5.17. The van der Waals surface area contributed by atoms with E-state index in [1.54, 1.807) is 16.9 Å². The van der Waals surface area contributed by atoms with Gasteiger partial charge < -0.3 is 5.32 Å². The number of nitrogens with zero attached hydrogens (tertiary/aromatic N) is 5. The first-order valence-electron chi connectivity index (χ1n) is 11.9. The van der Waals surface area contributed by atoms with Crippen LogP contribution in [0.3, 0.4) is 0 Å². The number of carbonyl (C=O) groups is 1. The topological polar surface area (TPSA) is 85.1 Å². The van der Waals surface area contributed by atoms with Crippen LogP contribution in [0.1, 0.15) is 5.56 Å². The zero-order chi connectivity index (χ0) is 25.0. The van der Waals surface area contributed by atoms with Crippen LogP contribution in [0.5, 0.6) is 0 Å². The van der Waals surface area contributed by atoms with Crippen LogP contribution in [0.2, 0.25) is 0 Å². The largest absolute Gasteiger partial charge is 0.326 e. The van der Waals surface area contributed by atoms with Crippen molar-refractivity contribution in [3.63, 3.8) is 0 Å². The van der Waals surface area contributed by atoms with Gasteiger partial charge in [0.05, 0.1) is 12.1 Å². The summed E-state index contributed by atoms with van der Waals surface area (Å²) < 4.78 is 1.71. The van der Waals surface area contributed by atoms with Crippen molar-refractivity contribution in [2.75, 3.05) is 5.32 Å². The number of carbonyl (C=O) groups excluding carboxylic acids is 1. The third-order valence-electron chi connectivity index (χ3n) is 6.05. The Bertz CT molecular complexity index is 1680. The number of amides is 1. The number of fused-ring (bicyclic) bond motifs is 1. The Morgan fingerprint density at radius 2 is 1.51 bits per heavy atom. The summed E-state index contributed by atoms with van der Waals surface area (Å²) in [6.07, 6.45) is 3.74. The van der Waals surface area contributed by atoms with Gasteiger partial charge in [0.2, 0.25) is 5.91 Å². The van der Waals surface area contributed by atoms with E-state index in [4.69, 9.17) is 5.10 Å². The minimum absolute atomic E-state index is 0.0781. The first-order valence-corrected chi connectivity index (χ1v) is 11.9. The van der Waals surface area contributed by atoms with E-state index in [9.17, 15) is 4.79 Å². The van der Waals surface area contributed by atoms with Crippen molar-refractivity contribution >= 4 is 17.2 Å². The third-order valence-corrected chi connectivity index (χ3v) is 6.05. The molecule has 0 saturated carbocycles. The molecule has 0 aliphatic heterocycles. The van der Waals surface area contributed by atoms with E-state index >= 15 is 0 Å². The highest BCUT2D eigenvalue weighted by atomic mass is 16.1. The summed E-state index contributed by atoms with van der Waals surface area (Å²) in [5, 5.41) is 16.3. The van der Waals surface area contributed by atoms with Gasteiger partial charge in [-0.1, -0.05) is 66.7 Å². The Morgan fingerprint density at radius 3 is 2.32 bits per heavy atom. The molecular formula is C30H22N6O. The van der Waals surface area contributed by atoms with Gasteiger partial charge in [0.15, 0.2) is 11.5 Å². The van der Waals surface area contributed by atoms with Crippen molar-refractivity contribution in [2.24, 2.45) is 0 Å². The predicted octanol–water partition coefficient (Wildman–Crippen LogP) is 5.70. The van der Waals surface area contributed by atoms with Crippen molar-refractivity contribution in [3.05, 3.63) is 121 Å². The van der Waals surface area contributed by atoms with Crippen LogP contribution in [0.25, 0.3) is 39.4 Å². The summed E-state index contributed by atoms with van der Waals surface area (Å²) in [4.78, 5) is 16.9. The summed E-state index contributed by atoms with van der Waals surface area (Å²) in [5.41, 5.74) is 7.03. The lowest BCUT2D eigenvalue weighted by Crippen LogP contribution is -2.14. The Balaban J connectivity index is 1.19. The fourth-order valence-corrected chi connectivity index (χ4v) is 4.21. The lowest BCUT2D eigenvalue weighted by Gasteiger charge is -2.09. The Kier molecular flexibility index (Phi) is 5.93. The maximum atomic E-state index is 12.8.